The van der Waals surface area contributed by atoms with Gasteiger partial charge in [-0.2, -0.15) is 0 Å². The second kappa shape index (κ2) is 7.40. The summed E-state index contributed by atoms with van der Waals surface area (Å²) in [7, 11) is 0. The van der Waals surface area contributed by atoms with Gasteiger partial charge in [0.05, 0.1) is 22.9 Å². The molecule has 2 rings (SSSR count). The van der Waals surface area contributed by atoms with Crippen LogP contribution in [0.4, 0.5) is 4.39 Å². The molecule has 1 aromatic carbocycles. The van der Waals surface area contributed by atoms with Gasteiger partial charge in [-0.05, 0) is 45.0 Å². The van der Waals surface area contributed by atoms with E-state index < -0.39 is 11.6 Å². The van der Waals surface area contributed by atoms with Gasteiger partial charge in [0.25, 0.3) is 5.91 Å². The van der Waals surface area contributed by atoms with Gasteiger partial charge in [0.15, 0.2) is 0 Å². The average molecular weight is 332 g/mol. The first-order valence-electron chi connectivity index (χ1n) is 7.62. The molecule has 1 amide bonds. The van der Waals surface area contributed by atoms with Crippen molar-refractivity contribution in [1.82, 2.24) is 10.3 Å². The van der Waals surface area contributed by atoms with E-state index in [1.54, 1.807) is 45.0 Å². The summed E-state index contributed by atoms with van der Waals surface area (Å²) in [6.45, 7) is 5.16. The first-order chi connectivity index (χ1) is 11.3. The number of pyridine rings is 1. The highest BCUT2D eigenvalue weighted by Crippen LogP contribution is 2.14. The molecule has 0 aliphatic carbocycles. The Balaban J connectivity index is 1.94. The molecule has 0 aliphatic heterocycles. The SMILES string of the molecule is CC(NC(=O)c1ccc(COc2cccc(F)c2)nc1)C(C)(C)O. The van der Waals surface area contributed by atoms with Crippen LogP contribution in [0.2, 0.25) is 0 Å². The number of benzene rings is 1. The first-order valence-corrected chi connectivity index (χ1v) is 7.62. The van der Waals surface area contributed by atoms with E-state index in [-0.39, 0.29) is 18.3 Å². The lowest BCUT2D eigenvalue weighted by molar-refractivity contribution is 0.0409. The van der Waals surface area contributed by atoms with E-state index >= 15 is 0 Å². The Morgan fingerprint density at radius 3 is 2.71 bits per heavy atom. The van der Waals surface area contributed by atoms with E-state index in [1.165, 1.54) is 18.3 Å². The van der Waals surface area contributed by atoms with E-state index in [4.69, 9.17) is 4.74 Å². The van der Waals surface area contributed by atoms with E-state index in [0.717, 1.165) is 0 Å². The summed E-state index contributed by atoms with van der Waals surface area (Å²) < 4.78 is 18.5. The van der Waals surface area contributed by atoms with Crippen LogP contribution in [0.5, 0.6) is 5.75 Å². The van der Waals surface area contributed by atoms with E-state index in [2.05, 4.69) is 10.3 Å². The van der Waals surface area contributed by atoms with Crippen molar-refractivity contribution in [2.45, 2.75) is 39.0 Å². The van der Waals surface area contributed by atoms with Crippen LogP contribution in [0.15, 0.2) is 42.6 Å². The lowest BCUT2D eigenvalue weighted by Gasteiger charge is -2.26. The monoisotopic (exact) mass is 332 g/mol. The summed E-state index contributed by atoms with van der Waals surface area (Å²) in [6, 6.07) is 8.75. The molecule has 0 bridgehead atoms. The Morgan fingerprint density at radius 2 is 2.12 bits per heavy atom. The molecule has 24 heavy (non-hydrogen) atoms. The number of ether oxygens (including phenoxy) is 1. The fourth-order valence-electron chi connectivity index (χ4n) is 1.81. The maximum atomic E-state index is 13.1. The van der Waals surface area contributed by atoms with Crippen LogP contribution < -0.4 is 10.1 Å². The van der Waals surface area contributed by atoms with Crippen molar-refractivity contribution >= 4 is 5.91 Å². The number of hydrogen-bond donors (Lipinski definition) is 2. The number of nitrogens with zero attached hydrogens (tertiary/aromatic N) is 1. The topological polar surface area (TPSA) is 71.5 Å². The minimum atomic E-state index is -1.01. The molecular formula is C18H21FN2O3. The molecule has 0 spiro atoms. The van der Waals surface area contributed by atoms with Gasteiger partial charge in [0, 0.05) is 12.3 Å². The van der Waals surface area contributed by atoms with Gasteiger partial charge in [-0.3, -0.25) is 9.78 Å². The van der Waals surface area contributed by atoms with Crippen LogP contribution in [0.25, 0.3) is 0 Å². The molecule has 128 valence electrons. The molecule has 0 radical (unpaired) electrons. The quantitative estimate of drug-likeness (QED) is 0.853. The third-order valence-electron chi connectivity index (χ3n) is 3.68. The molecule has 1 unspecified atom stereocenters. The Kier molecular flexibility index (Phi) is 5.51. The van der Waals surface area contributed by atoms with E-state index in [1.807, 2.05) is 0 Å². The zero-order chi connectivity index (χ0) is 17.7. The Hall–Kier alpha value is -2.47. The second-order valence-electron chi connectivity index (χ2n) is 6.13. The molecule has 2 aromatic rings. The molecule has 0 saturated heterocycles. The van der Waals surface area contributed by atoms with Gasteiger partial charge in [0.2, 0.25) is 0 Å². The van der Waals surface area contributed by atoms with E-state index in [9.17, 15) is 14.3 Å². The largest absolute Gasteiger partial charge is 0.487 e. The number of halogens is 1. The standard InChI is InChI=1S/C18H21FN2O3/c1-12(18(2,3)23)21-17(22)13-7-8-15(20-10-13)11-24-16-6-4-5-14(19)9-16/h4-10,12,23H,11H2,1-3H3,(H,21,22). The van der Waals surface area contributed by atoms with Crippen molar-refractivity contribution in [3.05, 3.63) is 59.7 Å². The molecule has 5 nitrogen and oxygen atoms in total. The zero-order valence-electron chi connectivity index (χ0n) is 13.9. The number of carbonyl (C=O) groups is 1. The maximum absolute atomic E-state index is 13.1. The number of hydrogen-bond acceptors (Lipinski definition) is 4. The van der Waals surface area contributed by atoms with Gasteiger partial charge in [-0.25, -0.2) is 4.39 Å². The predicted molar refractivity (Wildman–Crippen MR) is 88.2 cm³/mol. The fourth-order valence-corrected chi connectivity index (χ4v) is 1.81. The van der Waals surface area contributed by atoms with Crippen LogP contribution in [0.3, 0.4) is 0 Å². The van der Waals surface area contributed by atoms with Gasteiger partial charge < -0.3 is 15.2 Å². The highest BCUT2D eigenvalue weighted by atomic mass is 19.1. The Bertz CT molecular complexity index is 696. The van der Waals surface area contributed by atoms with Crippen LogP contribution in [0.1, 0.15) is 36.8 Å². The minimum absolute atomic E-state index is 0.172. The van der Waals surface area contributed by atoms with Crippen LogP contribution in [0, 0.1) is 5.82 Å². The normalized spacial score (nSPS) is 12.5. The zero-order valence-corrected chi connectivity index (χ0v) is 13.9. The minimum Gasteiger partial charge on any atom is -0.487 e. The predicted octanol–water partition coefficient (Wildman–Crippen LogP) is 2.69. The molecular weight excluding hydrogens is 311 g/mol. The summed E-state index contributed by atoms with van der Waals surface area (Å²) >= 11 is 0. The molecule has 0 aliphatic rings. The summed E-state index contributed by atoms with van der Waals surface area (Å²) in [5, 5.41) is 12.6. The molecule has 1 aromatic heterocycles. The fraction of sp³-hybridized carbons (Fsp3) is 0.333. The lowest BCUT2D eigenvalue weighted by atomic mass is 10.0. The van der Waals surface area contributed by atoms with Crippen LogP contribution >= 0.6 is 0 Å². The van der Waals surface area contributed by atoms with Crippen molar-refractivity contribution in [3.63, 3.8) is 0 Å². The molecule has 1 atom stereocenters. The number of nitrogens with one attached hydrogen (secondary N) is 1. The van der Waals surface area contributed by atoms with Gasteiger partial charge in [-0.1, -0.05) is 6.07 Å². The Morgan fingerprint density at radius 1 is 1.38 bits per heavy atom. The van der Waals surface area contributed by atoms with Crippen molar-refractivity contribution in [3.8, 4) is 5.75 Å². The lowest BCUT2D eigenvalue weighted by Crippen LogP contribution is -2.47. The van der Waals surface area contributed by atoms with Crippen molar-refractivity contribution in [2.75, 3.05) is 0 Å². The summed E-state index contributed by atoms with van der Waals surface area (Å²) in [6.07, 6.45) is 1.44. The summed E-state index contributed by atoms with van der Waals surface area (Å²) in [5.74, 6) is -0.263. The number of rotatable bonds is 6. The summed E-state index contributed by atoms with van der Waals surface area (Å²) in [5.41, 5.74) is -0.00564. The van der Waals surface area contributed by atoms with Crippen LogP contribution in [-0.2, 0) is 6.61 Å². The third kappa shape index (κ3) is 5.03. The molecule has 1 heterocycles. The smallest absolute Gasteiger partial charge is 0.253 e. The number of aliphatic hydroxyl groups is 1. The number of amides is 1. The summed E-state index contributed by atoms with van der Waals surface area (Å²) in [4.78, 5) is 16.3. The highest BCUT2D eigenvalue weighted by molar-refractivity contribution is 5.94. The van der Waals surface area contributed by atoms with Gasteiger partial charge >= 0.3 is 0 Å². The number of carbonyl (C=O) groups excluding carboxylic acids is 1. The average Bonchev–Trinajstić information content (AvgIpc) is 2.52. The maximum Gasteiger partial charge on any atom is 0.253 e. The highest BCUT2D eigenvalue weighted by Gasteiger charge is 2.24. The molecule has 0 saturated carbocycles. The van der Waals surface area contributed by atoms with Crippen molar-refractivity contribution in [2.24, 2.45) is 0 Å². The third-order valence-corrected chi connectivity index (χ3v) is 3.68. The van der Waals surface area contributed by atoms with Crippen LogP contribution in [-0.4, -0.2) is 27.6 Å². The van der Waals surface area contributed by atoms with Crippen molar-refractivity contribution in [1.29, 1.82) is 0 Å². The first kappa shape index (κ1) is 17.9. The molecule has 0 fully saturated rings. The second-order valence-corrected chi connectivity index (χ2v) is 6.13. The molecule has 2 N–H and O–H groups in total. The van der Waals surface area contributed by atoms with Crippen molar-refractivity contribution < 1.29 is 19.0 Å². The van der Waals surface area contributed by atoms with Gasteiger partial charge in [-0.15, -0.1) is 0 Å². The Labute approximate surface area is 140 Å². The van der Waals surface area contributed by atoms with E-state index in [0.29, 0.717) is 17.0 Å². The number of aromatic nitrogens is 1. The molecule has 6 heteroatoms. The van der Waals surface area contributed by atoms with Gasteiger partial charge in [0.1, 0.15) is 18.2 Å².